The summed E-state index contributed by atoms with van der Waals surface area (Å²) in [7, 11) is 1.97. The van der Waals surface area contributed by atoms with E-state index in [2.05, 4.69) is 4.90 Å². The van der Waals surface area contributed by atoms with Gasteiger partial charge in [-0.3, -0.25) is 0 Å². The van der Waals surface area contributed by atoms with Crippen molar-refractivity contribution >= 4 is 11.6 Å². The molecular formula is C12H16ClF2N. The lowest BCUT2D eigenvalue weighted by atomic mass is 10.1. The maximum atomic E-state index is 13.3. The van der Waals surface area contributed by atoms with Crippen LogP contribution in [0.2, 0.25) is 0 Å². The van der Waals surface area contributed by atoms with Gasteiger partial charge in [0.2, 0.25) is 0 Å². The summed E-state index contributed by atoms with van der Waals surface area (Å²) in [4.78, 5) is 2.09. The van der Waals surface area contributed by atoms with E-state index >= 15 is 0 Å². The predicted molar refractivity (Wildman–Crippen MR) is 62.9 cm³/mol. The van der Waals surface area contributed by atoms with Gasteiger partial charge in [0.1, 0.15) is 11.6 Å². The maximum Gasteiger partial charge on any atom is 0.129 e. The fourth-order valence-corrected chi connectivity index (χ4v) is 1.60. The zero-order valence-corrected chi connectivity index (χ0v) is 10.1. The Morgan fingerprint density at radius 3 is 2.62 bits per heavy atom. The van der Waals surface area contributed by atoms with Crippen molar-refractivity contribution in [3.63, 3.8) is 0 Å². The van der Waals surface area contributed by atoms with Crippen LogP contribution in [0.1, 0.15) is 12.0 Å². The molecule has 4 heteroatoms. The molecule has 0 radical (unpaired) electrons. The molecule has 1 aromatic rings. The molecule has 0 atom stereocenters. The van der Waals surface area contributed by atoms with E-state index in [1.165, 1.54) is 12.1 Å². The summed E-state index contributed by atoms with van der Waals surface area (Å²) in [5, 5.41) is 0. The second-order valence-corrected chi connectivity index (χ2v) is 4.21. The molecular weight excluding hydrogens is 232 g/mol. The first-order valence-electron chi connectivity index (χ1n) is 5.32. The standard InChI is InChI=1S/C12H16ClF2N/c1-16(7-2-6-13)8-5-10-3-4-11(14)9-12(10)15/h3-4,9H,2,5-8H2,1H3. The molecule has 0 aromatic heterocycles. The molecule has 0 saturated carbocycles. The highest BCUT2D eigenvalue weighted by Gasteiger charge is 2.05. The summed E-state index contributed by atoms with van der Waals surface area (Å²) in [5.41, 5.74) is 0.555. The number of rotatable bonds is 6. The molecule has 1 nitrogen and oxygen atoms in total. The summed E-state index contributed by atoms with van der Waals surface area (Å²) in [6.07, 6.45) is 1.51. The highest BCUT2D eigenvalue weighted by atomic mass is 35.5. The van der Waals surface area contributed by atoms with Crippen LogP contribution in [0.5, 0.6) is 0 Å². The number of alkyl halides is 1. The topological polar surface area (TPSA) is 3.24 Å². The lowest BCUT2D eigenvalue weighted by Gasteiger charge is -2.15. The fraction of sp³-hybridized carbons (Fsp3) is 0.500. The van der Waals surface area contributed by atoms with Crippen LogP contribution in [0, 0.1) is 11.6 Å². The average molecular weight is 248 g/mol. The van der Waals surface area contributed by atoms with Crippen LogP contribution in [0.3, 0.4) is 0 Å². The van der Waals surface area contributed by atoms with E-state index in [4.69, 9.17) is 11.6 Å². The van der Waals surface area contributed by atoms with Crippen LogP contribution in [0.15, 0.2) is 18.2 Å². The fourth-order valence-electron chi connectivity index (χ4n) is 1.48. The van der Waals surface area contributed by atoms with E-state index in [1.54, 1.807) is 0 Å². The van der Waals surface area contributed by atoms with Crippen molar-refractivity contribution < 1.29 is 8.78 Å². The maximum absolute atomic E-state index is 13.3. The first-order chi connectivity index (χ1) is 7.63. The Kier molecular flexibility index (Phi) is 5.71. The molecule has 0 unspecified atom stereocenters. The van der Waals surface area contributed by atoms with Gasteiger partial charge in [-0.2, -0.15) is 0 Å². The summed E-state index contributed by atoms with van der Waals surface area (Å²) in [6, 6.07) is 3.71. The largest absolute Gasteiger partial charge is 0.306 e. The van der Waals surface area contributed by atoms with E-state index in [0.29, 0.717) is 17.9 Å². The van der Waals surface area contributed by atoms with Crippen molar-refractivity contribution in [2.75, 3.05) is 26.0 Å². The van der Waals surface area contributed by atoms with E-state index < -0.39 is 11.6 Å². The molecule has 0 heterocycles. The number of likely N-dealkylation sites (N-methyl/N-ethyl adjacent to an activating group) is 1. The van der Waals surface area contributed by atoms with Crippen molar-refractivity contribution in [2.24, 2.45) is 0 Å². The summed E-state index contributed by atoms with van der Waals surface area (Å²) in [5.74, 6) is -0.364. The van der Waals surface area contributed by atoms with E-state index in [0.717, 1.165) is 25.6 Å². The second-order valence-electron chi connectivity index (χ2n) is 3.83. The van der Waals surface area contributed by atoms with Gasteiger partial charge in [0.15, 0.2) is 0 Å². The van der Waals surface area contributed by atoms with Gasteiger partial charge in [0.05, 0.1) is 0 Å². The minimum atomic E-state index is -0.531. The highest BCUT2D eigenvalue weighted by Crippen LogP contribution is 2.10. The number of nitrogens with zero attached hydrogens (tertiary/aromatic N) is 1. The van der Waals surface area contributed by atoms with Crippen LogP contribution in [-0.4, -0.2) is 30.9 Å². The molecule has 90 valence electrons. The first kappa shape index (κ1) is 13.4. The Morgan fingerprint density at radius 2 is 2.00 bits per heavy atom. The van der Waals surface area contributed by atoms with Crippen molar-refractivity contribution in [1.29, 1.82) is 0 Å². The van der Waals surface area contributed by atoms with Crippen molar-refractivity contribution in [3.8, 4) is 0 Å². The second kappa shape index (κ2) is 6.81. The molecule has 0 aliphatic carbocycles. The van der Waals surface area contributed by atoms with Crippen LogP contribution < -0.4 is 0 Å². The van der Waals surface area contributed by atoms with Gasteiger partial charge in [0, 0.05) is 18.5 Å². The van der Waals surface area contributed by atoms with Gasteiger partial charge in [-0.1, -0.05) is 6.07 Å². The van der Waals surface area contributed by atoms with Gasteiger partial charge in [0.25, 0.3) is 0 Å². The molecule has 0 N–H and O–H groups in total. The molecule has 1 rings (SSSR count). The Labute approximate surface area is 100 Å². The Bertz CT molecular complexity index is 331. The summed E-state index contributed by atoms with van der Waals surface area (Å²) in [6.45, 7) is 1.64. The van der Waals surface area contributed by atoms with Crippen LogP contribution in [-0.2, 0) is 6.42 Å². The van der Waals surface area contributed by atoms with Crippen LogP contribution >= 0.6 is 11.6 Å². The molecule has 0 aliphatic heterocycles. The summed E-state index contributed by atoms with van der Waals surface area (Å²) >= 11 is 5.58. The van der Waals surface area contributed by atoms with Crippen LogP contribution in [0.25, 0.3) is 0 Å². The number of benzene rings is 1. The molecule has 0 spiro atoms. The summed E-state index contributed by atoms with van der Waals surface area (Å²) < 4.78 is 25.9. The monoisotopic (exact) mass is 247 g/mol. The zero-order valence-electron chi connectivity index (χ0n) is 9.35. The third kappa shape index (κ3) is 4.45. The van der Waals surface area contributed by atoms with Crippen molar-refractivity contribution in [3.05, 3.63) is 35.4 Å². The third-order valence-electron chi connectivity index (χ3n) is 2.45. The first-order valence-corrected chi connectivity index (χ1v) is 5.85. The molecule has 1 aromatic carbocycles. The van der Waals surface area contributed by atoms with Crippen LogP contribution in [0.4, 0.5) is 8.78 Å². The Hall–Kier alpha value is -0.670. The van der Waals surface area contributed by atoms with E-state index in [1.807, 2.05) is 7.05 Å². The number of halogens is 3. The van der Waals surface area contributed by atoms with E-state index in [9.17, 15) is 8.78 Å². The molecule has 0 fully saturated rings. The zero-order chi connectivity index (χ0) is 12.0. The molecule has 0 amide bonds. The average Bonchev–Trinajstić information content (AvgIpc) is 2.25. The Balaban J connectivity index is 2.42. The lowest BCUT2D eigenvalue weighted by Crippen LogP contribution is -2.23. The smallest absolute Gasteiger partial charge is 0.129 e. The van der Waals surface area contributed by atoms with Gasteiger partial charge < -0.3 is 4.90 Å². The van der Waals surface area contributed by atoms with Gasteiger partial charge in [-0.05, 0) is 38.1 Å². The number of hydrogen-bond acceptors (Lipinski definition) is 1. The van der Waals surface area contributed by atoms with Crippen molar-refractivity contribution in [1.82, 2.24) is 4.90 Å². The van der Waals surface area contributed by atoms with E-state index in [-0.39, 0.29) is 0 Å². The highest BCUT2D eigenvalue weighted by molar-refractivity contribution is 6.17. The van der Waals surface area contributed by atoms with Gasteiger partial charge in [-0.15, -0.1) is 11.6 Å². The van der Waals surface area contributed by atoms with Gasteiger partial charge >= 0.3 is 0 Å². The SMILES string of the molecule is CN(CCCCl)CCc1ccc(F)cc1F. The molecule has 0 saturated heterocycles. The van der Waals surface area contributed by atoms with Crippen molar-refractivity contribution in [2.45, 2.75) is 12.8 Å². The quantitative estimate of drug-likeness (QED) is 0.699. The predicted octanol–water partition coefficient (Wildman–Crippen LogP) is 3.07. The minimum Gasteiger partial charge on any atom is -0.306 e. The molecule has 16 heavy (non-hydrogen) atoms. The number of hydrogen-bond donors (Lipinski definition) is 0. The van der Waals surface area contributed by atoms with Gasteiger partial charge in [-0.25, -0.2) is 8.78 Å². The minimum absolute atomic E-state index is 0.467. The third-order valence-corrected chi connectivity index (χ3v) is 2.72. The lowest BCUT2D eigenvalue weighted by molar-refractivity contribution is 0.338. The Morgan fingerprint density at radius 1 is 1.25 bits per heavy atom. The molecule has 0 bridgehead atoms. The molecule has 0 aliphatic rings. The normalized spacial score (nSPS) is 11.1.